The number of allylic oxidation sites excluding steroid dienone is 24. The van der Waals surface area contributed by atoms with Crippen molar-refractivity contribution in [3.05, 3.63) is 146 Å². The molecular formula is C92H160NO8P. The predicted molar refractivity (Wildman–Crippen MR) is 443 cm³/mol. The van der Waals surface area contributed by atoms with Crippen molar-refractivity contribution in [1.82, 2.24) is 0 Å². The van der Waals surface area contributed by atoms with Crippen LogP contribution in [0.1, 0.15) is 373 Å². The number of rotatable bonds is 78. The minimum Gasteiger partial charge on any atom is -0.756 e. The molecule has 0 saturated heterocycles. The number of ether oxygens (including phenoxy) is 2. The van der Waals surface area contributed by atoms with Crippen molar-refractivity contribution in [2.45, 2.75) is 380 Å². The van der Waals surface area contributed by atoms with Crippen LogP contribution in [0.5, 0.6) is 0 Å². The molecular weight excluding hydrogens is 1280 g/mol. The number of likely N-dealkylation sites (N-methyl/N-ethyl adjacent to an activating group) is 1. The Morgan fingerprint density at radius 3 is 0.833 bits per heavy atom. The average molecular weight is 1440 g/mol. The number of phosphoric acid groups is 1. The maximum absolute atomic E-state index is 12.9. The molecule has 0 radical (unpaired) electrons. The van der Waals surface area contributed by atoms with Gasteiger partial charge < -0.3 is 27.9 Å². The van der Waals surface area contributed by atoms with Crippen LogP contribution in [0.15, 0.2) is 146 Å². The average Bonchev–Trinajstić information content (AvgIpc) is 0.914. The summed E-state index contributed by atoms with van der Waals surface area (Å²) in [5.74, 6) is -0.880. The Balaban J connectivity index is 4.03. The van der Waals surface area contributed by atoms with Gasteiger partial charge in [-0.25, -0.2) is 0 Å². The molecule has 0 heterocycles. The largest absolute Gasteiger partial charge is 0.756 e. The zero-order valence-corrected chi connectivity index (χ0v) is 67.9. The lowest BCUT2D eigenvalue weighted by Gasteiger charge is -2.28. The topological polar surface area (TPSA) is 111 Å². The normalized spacial score (nSPS) is 13.7. The summed E-state index contributed by atoms with van der Waals surface area (Å²) in [4.78, 5) is 38.2. The molecule has 0 N–H and O–H groups in total. The van der Waals surface area contributed by atoms with Crippen LogP contribution in [0.2, 0.25) is 0 Å². The first-order chi connectivity index (χ1) is 50.0. The van der Waals surface area contributed by atoms with Gasteiger partial charge in [-0.15, -0.1) is 0 Å². The Kier molecular flexibility index (Phi) is 77.7. The zero-order valence-electron chi connectivity index (χ0n) is 67.0. The molecule has 102 heavy (non-hydrogen) atoms. The number of esters is 2. The molecule has 0 aliphatic carbocycles. The number of carbonyl (C=O) groups is 2. The molecule has 0 rings (SSSR count). The number of quaternary nitrogens is 1. The Morgan fingerprint density at radius 1 is 0.314 bits per heavy atom. The summed E-state index contributed by atoms with van der Waals surface area (Å²) < 4.78 is 34.4. The smallest absolute Gasteiger partial charge is 0.306 e. The molecule has 0 spiro atoms. The van der Waals surface area contributed by atoms with E-state index >= 15 is 0 Å². The third-order valence-electron chi connectivity index (χ3n) is 18.4. The van der Waals surface area contributed by atoms with Crippen LogP contribution in [0.4, 0.5) is 0 Å². The quantitative estimate of drug-likeness (QED) is 0.0195. The number of carbonyl (C=O) groups excluding carboxylic acids is 2. The fourth-order valence-corrected chi connectivity index (χ4v) is 12.7. The van der Waals surface area contributed by atoms with E-state index in [-0.39, 0.29) is 26.1 Å². The van der Waals surface area contributed by atoms with E-state index in [1.165, 1.54) is 231 Å². The van der Waals surface area contributed by atoms with Crippen LogP contribution in [-0.2, 0) is 32.7 Å². The lowest BCUT2D eigenvalue weighted by atomic mass is 10.0. The molecule has 9 nitrogen and oxygen atoms in total. The second-order valence-corrected chi connectivity index (χ2v) is 30.9. The van der Waals surface area contributed by atoms with Crippen molar-refractivity contribution < 1.29 is 42.1 Å². The van der Waals surface area contributed by atoms with Gasteiger partial charge in [0.2, 0.25) is 0 Å². The molecule has 2 unspecified atom stereocenters. The van der Waals surface area contributed by atoms with Gasteiger partial charge in [-0.2, -0.15) is 0 Å². The van der Waals surface area contributed by atoms with Gasteiger partial charge in [-0.1, -0.05) is 404 Å². The van der Waals surface area contributed by atoms with Gasteiger partial charge in [0.15, 0.2) is 6.10 Å². The lowest BCUT2D eigenvalue weighted by Crippen LogP contribution is -2.37. The van der Waals surface area contributed by atoms with E-state index in [1.54, 1.807) is 0 Å². The van der Waals surface area contributed by atoms with E-state index in [9.17, 15) is 19.0 Å². The zero-order chi connectivity index (χ0) is 74.0. The standard InChI is InChI=1S/C92H160NO8P/c1-6-8-10-12-14-16-18-20-22-24-26-28-30-32-34-36-38-40-42-44-46-48-50-52-54-56-58-60-62-64-66-68-70-72-74-76-78-80-82-84-91(94)98-88-90(89-100-102(96,97)99-87-86-93(3,4)5)101-92(95)85-83-81-79-77-75-73-71-69-67-65-63-61-59-57-55-53-51-49-47-45-43-41-39-37-35-33-31-29-27-25-23-21-19-17-15-13-11-9-7-2/h9,11,15,17,21,23,27,29,33,35,39,41,45,47,51,53,57,59,63,65,69,71,75,77,90H,6-8,10,12-14,16,18-20,22,24-26,28,30-32,34,36-38,40,42-44,46,48-50,52,54-56,58,60-62,64,66-68,70,72-74,76,78-89H2,1-5H3/b11-9-,17-15-,23-21-,29-27-,35-33-,41-39-,47-45-,53-51-,59-57-,65-63-,71-69-,77-75-. The van der Waals surface area contributed by atoms with Crippen LogP contribution in [0.25, 0.3) is 0 Å². The number of hydrogen-bond donors (Lipinski definition) is 0. The second kappa shape index (κ2) is 81.0. The number of phosphoric ester groups is 1. The van der Waals surface area contributed by atoms with Crippen molar-refractivity contribution in [2.75, 3.05) is 47.5 Å². The monoisotopic (exact) mass is 1440 g/mol. The molecule has 0 bridgehead atoms. The van der Waals surface area contributed by atoms with Gasteiger partial charge in [-0.3, -0.25) is 14.2 Å². The second-order valence-electron chi connectivity index (χ2n) is 29.5. The van der Waals surface area contributed by atoms with Gasteiger partial charge >= 0.3 is 11.9 Å². The van der Waals surface area contributed by atoms with E-state index in [0.717, 1.165) is 109 Å². The molecule has 0 aliphatic heterocycles. The number of nitrogens with zero attached hydrogens (tertiary/aromatic N) is 1. The Bertz CT molecular complexity index is 2240. The summed E-state index contributed by atoms with van der Waals surface area (Å²) in [7, 11) is 1.13. The molecule has 2 atom stereocenters. The van der Waals surface area contributed by atoms with E-state index in [4.69, 9.17) is 18.5 Å². The maximum Gasteiger partial charge on any atom is 0.306 e. The highest BCUT2D eigenvalue weighted by Gasteiger charge is 2.22. The molecule has 586 valence electrons. The molecule has 0 amide bonds. The van der Waals surface area contributed by atoms with Gasteiger partial charge in [0.25, 0.3) is 7.82 Å². The summed E-state index contributed by atoms with van der Waals surface area (Å²) in [6.45, 7) is 4.11. The van der Waals surface area contributed by atoms with Gasteiger partial charge in [-0.05, 0) is 103 Å². The highest BCUT2D eigenvalue weighted by atomic mass is 31.2. The van der Waals surface area contributed by atoms with Crippen LogP contribution < -0.4 is 4.89 Å². The van der Waals surface area contributed by atoms with Gasteiger partial charge in [0.1, 0.15) is 19.8 Å². The molecule has 0 aromatic carbocycles. The Morgan fingerprint density at radius 2 is 0.559 bits per heavy atom. The van der Waals surface area contributed by atoms with Crippen LogP contribution in [-0.4, -0.2) is 70.0 Å². The van der Waals surface area contributed by atoms with Crippen molar-refractivity contribution >= 4 is 19.8 Å². The van der Waals surface area contributed by atoms with Crippen LogP contribution >= 0.6 is 7.82 Å². The van der Waals surface area contributed by atoms with E-state index in [0.29, 0.717) is 17.4 Å². The summed E-state index contributed by atoms with van der Waals surface area (Å²) in [6, 6.07) is 0. The maximum atomic E-state index is 12.9. The summed E-state index contributed by atoms with van der Waals surface area (Å²) in [5, 5.41) is 0. The Hall–Kier alpha value is -4.11. The third kappa shape index (κ3) is 84.8. The van der Waals surface area contributed by atoms with Gasteiger partial charge in [0.05, 0.1) is 27.7 Å². The molecule has 0 fully saturated rings. The minimum atomic E-state index is -4.67. The van der Waals surface area contributed by atoms with E-state index in [1.807, 2.05) is 21.1 Å². The summed E-state index contributed by atoms with van der Waals surface area (Å²) >= 11 is 0. The first-order valence-electron chi connectivity index (χ1n) is 42.5. The number of hydrogen-bond acceptors (Lipinski definition) is 8. The highest BCUT2D eigenvalue weighted by Crippen LogP contribution is 2.38. The fraction of sp³-hybridized carbons (Fsp3) is 0.717. The first-order valence-corrected chi connectivity index (χ1v) is 44.0. The molecule has 0 saturated carbocycles. The fourth-order valence-electron chi connectivity index (χ4n) is 11.9. The Labute approximate surface area is 631 Å². The SMILES string of the molecule is CC/C=C\C/C=C\C/C=C\C/C=C\C/C=C\C/C=C\C/C=C\C/C=C\C/C=C\C/C=C\C/C=C\C/C=C\CCCCC(=O)OC(COC(=O)CCCCCCCCCCCCCCCCCCCCCCCCCCCCCCCCCCCCCCCCC)COP(=O)([O-])OCC[N+](C)(C)C. The van der Waals surface area contributed by atoms with Crippen molar-refractivity contribution in [1.29, 1.82) is 0 Å². The van der Waals surface area contributed by atoms with Crippen molar-refractivity contribution in [3.8, 4) is 0 Å². The van der Waals surface area contributed by atoms with E-state index < -0.39 is 32.5 Å². The third-order valence-corrected chi connectivity index (χ3v) is 19.3. The highest BCUT2D eigenvalue weighted by molar-refractivity contribution is 7.45. The molecule has 0 aromatic heterocycles. The minimum absolute atomic E-state index is 0.0452. The molecule has 0 aliphatic rings. The van der Waals surface area contributed by atoms with Crippen LogP contribution in [0.3, 0.4) is 0 Å². The predicted octanol–water partition coefficient (Wildman–Crippen LogP) is 28.2. The molecule has 0 aromatic rings. The van der Waals surface area contributed by atoms with Crippen molar-refractivity contribution in [2.24, 2.45) is 0 Å². The molecule has 10 heteroatoms. The lowest BCUT2D eigenvalue weighted by molar-refractivity contribution is -0.870. The van der Waals surface area contributed by atoms with E-state index in [2.05, 4.69) is 160 Å². The summed E-state index contributed by atoms with van der Waals surface area (Å²) in [5.41, 5.74) is 0. The first kappa shape index (κ1) is 97.9. The summed E-state index contributed by atoms with van der Waals surface area (Å²) in [6.07, 6.45) is 120. The van der Waals surface area contributed by atoms with Crippen LogP contribution in [0, 0.1) is 0 Å². The van der Waals surface area contributed by atoms with Crippen molar-refractivity contribution in [3.63, 3.8) is 0 Å². The number of unbranched alkanes of at least 4 members (excludes halogenated alkanes) is 40. The van der Waals surface area contributed by atoms with Gasteiger partial charge in [0, 0.05) is 12.8 Å².